The minimum atomic E-state index is -0.379. The number of hydrogen-bond acceptors (Lipinski definition) is 2. The van der Waals surface area contributed by atoms with Gasteiger partial charge < -0.3 is 10.2 Å². The van der Waals surface area contributed by atoms with Gasteiger partial charge in [-0.05, 0) is 44.6 Å². The number of hydrogen-bond donors (Lipinski definition) is 1. The van der Waals surface area contributed by atoms with Crippen molar-refractivity contribution >= 4 is 5.91 Å². The molecule has 3 nitrogen and oxygen atoms in total. The molecule has 1 aliphatic rings. The minimum absolute atomic E-state index is 0.204. The molecular formula is C13H17FN2O. The van der Waals surface area contributed by atoms with Crippen LogP contribution < -0.4 is 5.32 Å². The number of carbonyl (C=O) groups excluding carboxylic acids is 1. The highest BCUT2D eigenvalue weighted by Gasteiger charge is 2.21. The van der Waals surface area contributed by atoms with Gasteiger partial charge in [-0.2, -0.15) is 0 Å². The third-order valence-corrected chi connectivity index (χ3v) is 3.26. The lowest BCUT2D eigenvalue weighted by Gasteiger charge is -2.19. The highest BCUT2D eigenvalue weighted by atomic mass is 19.1. The maximum Gasteiger partial charge on any atom is 0.251 e. The fraction of sp³-hybridized carbons (Fsp3) is 0.462. The van der Waals surface area contributed by atoms with Crippen molar-refractivity contribution in [2.75, 3.05) is 20.1 Å². The summed E-state index contributed by atoms with van der Waals surface area (Å²) in [5, 5.41) is 2.85. The van der Waals surface area contributed by atoms with Crippen molar-refractivity contribution in [3.63, 3.8) is 0 Å². The summed E-state index contributed by atoms with van der Waals surface area (Å²) in [5.74, 6) is -0.583. The number of nitrogens with zero attached hydrogens (tertiary/aromatic N) is 1. The third kappa shape index (κ3) is 3.03. The van der Waals surface area contributed by atoms with Gasteiger partial charge >= 0.3 is 0 Å². The van der Waals surface area contributed by atoms with E-state index in [0.717, 1.165) is 13.0 Å². The van der Waals surface area contributed by atoms with Crippen molar-refractivity contribution in [2.45, 2.75) is 18.9 Å². The summed E-state index contributed by atoms with van der Waals surface area (Å²) >= 11 is 0. The van der Waals surface area contributed by atoms with Gasteiger partial charge in [-0.1, -0.05) is 6.07 Å². The molecule has 0 aromatic heterocycles. The summed E-state index contributed by atoms with van der Waals surface area (Å²) < 4.78 is 12.9. The molecule has 1 unspecified atom stereocenters. The van der Waals surface area contributed by atoms with Crippen LogP contribution in [-0.2, 0) is 0 Å². The van der Waals surface area contributed by atoms with E-state index in [0.29, 0.717) is 18.2 Å². The number of benzene rings is 1. The maximum atomic E-state index is 12.9. The van der Waals surface area contributed by atoms with Crippen molar-refractivity contribution in [2.24, 2.45) is 0 Å². The molecule has 0 spiro atoms. The molecule has 92 valence electrons. The van der Waals surface area contributed by atoms with E-state index in [4.69, 9.17) is 0 Å². The third-order valence-electron chi connectivity index (χ3n) is 3.26. The first-order valence-corrected chi connectivity index (χ1v) is 5.91. The summed E-state index contributed by atoms with van der Waals surface area (Å²) in [5.41, 5.74) is 0.380. The summed E-state index contributed by atoms with van der Waals surface area (Å²) in [6, 6.07) is 6.17. The largest absolute Gasteiger partial charge is 0.350 e. The summed E-state index contributed by atoms with van der Waals surface area (Å²) in [4.78, 5) is 14.0. The second-order valence-electron chi connectivity index (χ2n) is 4.50. The van der Waals surface area contributed by atoms with Crippen LogP contribution in [0.1, 0.15) is 23.2 Å². The topological polar surface area (TPSA) is 32.3 Å². The molecule has 1 heterocycles. The quantitative estimate of drug-likeness (QED) is 0.865. The van der Waals surface area contributed by atoms with E-state index < -0.39 is 0 Å². The van der Waals surface area contributed by atoms with Crippen LogP contribution in [0.25, 0.3) is 0 Å². The van der Waals surface area contributed by atoms with Crippen LogP contribution in [0.4, 0.5) is 4.39 Å². The molecule has 1 aliphatic heterocycles. The van der Waals surface area contributed by atoms with Crippen LogP contribution >= 0.6 is 0 Å². The molecular weight excluding hydrogens is 219 g/mol. The van der Waals surface area contributed by atoms with Crippen molar-refractivity contribution in [1.29, 1.82) is 0 Å². The van der Waals surface area contributed by atoms with Crippen LogP contribution in [-0.4, -0.2) is 37.0 Å². The predicted molar refractivity (Wildman–Crippen MR) is 64.4 cm³/mol. The van der Waals surface area contributed by atoms with Crippen LogP contribution in [0, 0.1) is 5.82 Å². The number of carbonyl (C=O) groups is 1. The Hall–Kier alpha value is -1.42. The lowest BCUT2D eigenvalue weighted by atomic mass is 10.2. The highest BCUT2D eigenvalue weighted by molar-refractivity contribution is 5.94. The minimum Gasteiger partial charge on any atom is -0.350 e. The molecule has 1 fully saturated rings. The predicted octanol–water partition coefficient (Wildman–Crippen LogP) is 1.65. The number of amides is 1. The second-order valence-corrected chi connectivity index (χ2v) is 4.50. The number of nitrogens with one attached hydrogen (secondary N) is 1. The molecule has 0 bridgehead atoms. The number of likely N-dealkylation sites (N-methyl/N-ethyl adjacent to an activating group) is 1. The van der Waals surface area contributed by atoms with Crippen molar-refractivity contribution in [3.8, 4) is 0 Å². The Balaban J connectivity index is 1.89. The van der Waals surface area contributed by atoms with E-state index in [1.165, 1.54) is 18.6 Å². The van der Waals surface area contributed by atoms with E-state index in [1.807, 2.05) is 0 Å². The first kappa shape index (κ1) is 12.0. The molecule has 1 aromatic rings. The van der Waals surface area contributed by atoms with Crippen LogP contribution in [0.2, 0.25) is 0 Å². The van der Waals surface area contributed by atoms with E-state index in [-0.39, 0.29) is 11.7 Å². The number of likely N-dealkylation sites (tertiary alicyclic amines) is 1. The Kier molecular flexibility index (Phi) is 3.74. The fourth-order valence-corrected chi connectivity index (χ4v) is 2.18. The molecule has 0 radical (unpaired) electrons. The van der Waals surface area contributed by atoms with Gasteiger partial charge in [0.15, 0.2) is 0 Å². The standard InChI is InChI=1S/C13H17FN2O/c1-16-7-3-6-12(16)9-15-13(17)10-4-2-5-11(14)8-10/h2,4-5,8,12H,3,6-7,9H2,1H3,(H,15,17). The van der Waals surface area contributed by atoms with Crippen LogP contribution in [0.15, 0.2) is 24.3 Å². The van der Waals surface area contributed by atoms with Gasteiger partial charge in [0, 0.05) is 18.2 Å². The Morgan fingerprint density at radius 2 is 2.41 bits per heavy atom. The van der Waals surface area contributed by atoms with Crippen LogP contribution in [0.5, 0.6) is 0 Å². The van der Waals surface area contributed by atoms with Crippen molar-refractivity contribution < 1.29 is 9.18 Å². The van der Waals surface area contributed by atoms with Crippen LogP contribution in [0.3, 0.4) is 0 Å². The van der Waals surface area contributed by atoms with Gasteiger partial charge in [-0.3, -0.25) is 4.79 Å². The summed E-state index contributed by atoms with van der Waals surface area (Å²) in [7, 11) is 2.06. The normalized spacial score (nSPS) is 20.5. The van der Waals surface area contributed by atoms with Gasteiger partial charge in [0.05, 0.1) is 0 Å². The smallest absolute Gasteiger partial charge is 0.251 e. The molecule has 1 aromatic carbocycles. The Bertz CT molecular complexity index is 408. The first-order chi connectivity index (χ1) is 8.16. The Morgan fingerprint density at radius 1 is 1.59 bits per heavy atom. The molecule has 1 atom stereocenters. The molecule has 1 saturated heterocycles. The van der Waals surface area contributed by atoms with Gasteiger partial charge in [0.25, 0.3) is 5.91 Å². The van der Waals surface area contributed by atoms with Gasteiger partial charge in [0.2, 0.25) is 0 Å². The fourth-order valence-electron chi connectivity index (χ4n) is 2.18. The second kappa shape index (κ2) is 5.27. The van der Waals surface area contributed by atoms with Crippen molar-refractivity contribution in [3.05, 3.63) is 35.6 Å². The van der Waals surface area contributed by atoms with Gasteiger partial charge in [-0.15, -0.1) is 0 Å². The highest BCUT2D eigenvalue weighted by Crippen LogP contribution is 2.13. The molecule has 2 rings (SSSR count). The maximum absolute atomic E-state index is 12.9. The molecule has 4 heteroatoms. The monoisotopic (exact) mass is 236 g/mol. The van der Waals surface area contributed by atoms with E-state index in [2.05, 4.69) is 17.3 Å². The number of rotatable bonds is 3. The zero-order valence-electron chi connectivity index (χ0n) is 9.95. The zero-order valence-corrected chi connectivity index (χ0v) is 9.95. The van der Waals surface area contributed by atoms with E-state index >= 15 is 0 Å². The molecule has 0 saturated carbocycles. The van der Waals surface area contributed by atoms with Gasteiger partial charge in [-0.25, -0.2) is 4.39 Å². The molecule has 17 heavy (non-hydrogen) atoms. The van der Waals surface area contributed by atoms with Gasteiger partial charge in [0.1, 0.15) is 5.82 Å². The molecule has 1 N–H and O–H groups in total. The number of halogens is 1. The van der Waals surface area contributed by atoms with E-state index in [1.54, 1.807) is 12.1 Å². The lowest BCUT2D eigenvalue weighted by Crippen LogP contribution is -2.38. The average Bonchev–Trinajstić information content (AvgIpc) is 2.72. The van der Waals surface area contributed by atoms with E-state index in [9.17, 15) is 9.18 Å². The first-order valence-electron chi connectivity index (χ1n) is 5.91. The van der Waals surface area contributed by atoms with Crippen molar-refractivity contribution in [1.82, 2.24) is 10.2 Å². The SMILES string of the molecule is CN1CCCC1CNC(=O)c1cccc(F)c1. The lowest BCUT2D eigenvalue weighted by molar-refractivity contribution is 0.0943. The Morgan fingerprint density at radius 3 is 3.06 bits per heavy atom. The Labute approximate surface area is 101 Å². The zero-order chi connectivity index (χ0) is 12.3. The molecule has 0 aliphatic carbocycles. The molecule has 1 amide bonds. The summed E-state index contributed by atoms with van der Waals surface area (Å²) in [6.45, 7) is 1.71. The summed E-state index contributed by atoms with van der Waals surface area (Å²) in [6.07, 6.45) is 2.29. The average molecular weight is 236 g/mol.